The highest BCUT2D eigenvalue weighted by molar-refractivity contribution is 7.83. The van der Waals surface area contributed by atoms with Gasteiger partial charge in [-0.05, 0) is 70.2 Å². The molecule has 2 unspecified atom stereocenters. The molecule has 0 saturated heterocycles. The number of hydrogen-bond donors (Lipinski definition) is 0. The van der Waals surface area contributed by atoms with Crippen molar-refractivity contribution in [2.45, 2.75) is 27.7 Å². The van der Waals surface area contributed by atoms with E-state index >= 15 is 0 Å². The molecular weight excluding hydrogens is 532 g/mol. The average Bonchev–Trinajstić information content (AvgIpc) is 3.18. The number of terminal acetylenes is 1. The minimum atomic E-state index is -1.29. The standard InChI is InChI=1S/C23H24ClFNO2PS.C3H6O2.C2H2/c1-4-6-7-8-15-30(27)26-17(3)23(21-16-18(24)9-14-22(21)26)29(28-5-2)20-12-10-19(25)11-13-20;1-2-5-3-4;1-2/h4,6-14,16H,5,15H2,1-3H3;3H,2H2,1H3;1-2H/b6-4-,8-7-;;. The highest BCUT2D eigenvalue weighted by Crippen LogP contribution is 2.40. The Balaban J connectivity index is 0.000000874. The Morgan fingerprint density at radius 1 is 1.11 bits per heavy atom. The van der Waals surface area contributed by atoms with Crippen LogP contribution in [0.1, 0.15) is 26.5 Å². The number of carbonyl (C=O) groups excluding carboxylic acids is 1. The summed E-state index contributed by atoms with van der Waals surface area (Å²) >= 11 is 6.31. The zero-order valence-electron chi connectivity index (χ0n) is 21.4. The first-order valence-corrected chi connectivity index (χ1v) is 14.3. The van der Waals surface area contributed by atoms with Crippen molar-refractivity contribution in [3.05, 3.63) is 83.3 Å². The maximum atomic E-state index is 13.5. The van der Waals surface area contributed by atoms with E-state index in [2.05, 4.69) is 17.6 Å². The summed E-state index contributed by atoms with van der Waals surface area (Å²) in [6, 6.07) is 12.0. The molecule has 5 nitrogen and oxygen atoms in total. The summed E-state index contributed by atoms with van der Waals surface area (Å²) in [5.74, 6) is 0.0987. The van der Waals surface area contributed by atoms with E-state index in [9.17, 15) is 13.4 Å². The van der Waals surface area contributed by atoms with Gasteiger partial charge in [0.2, 0.25) is 0 Å². The van der Waals surface area contributed by atoms with Crippen LogP contribution in [0.5, 0.6) is 0 Å². The van der Waals surface area contributed by atoms with Gasteiger partial charge in [-0.2, -0.15) is 0 Å². The molecule has 2 aromatic carbocycles. The molecule has 37 heavy (non-hydrogen) atoms. The molecule has 0 amide bonds. The Morgan fingerprint density at radius 2 is 1.78 bits per heavy atom. The monoisotopic (exact) mass is 563 g/mol. The van der Waals surface area contributed by atoms with Gasteiger partial charge in [0.15, 0.2) is 0 Å². The van der Waals surface area contributed by atoms with Crippen molar-refractivity contribution in [3.63, 3.8) is 0 Å². The Labute approximate surface area is 227 Å². The van der Waals surface area contributed by atoms with Crippen LogP contribution < -0.4 is 10.6 Å². The Kier molecular flexibility index (Phi) is 15.4. The summed E-state index contributed by atoms with van der Waals surface area (Å²) < 4.78 is 38.8. The van der Waals surface area contributed by atoms with E-state index in [1.807, 2.05) is 61.2 Å². The Bertz CT molecular complexity index is 1240. The number of nitrogens with zero attached hydrogens (tertiary/aromatic N) is 1. The van der Waals surface area contributed by atoms with Crippen LogP contribution in [0.15, 0.2) is 66.8 Å². The topological polar surface area (TPSA) is 57.5 Å². The highest BCUT2D eigenvalue weighted by atomic mass is 35.5. The summed E-state index contributed by atoms with van der Waals surface area (Å²) in [5, 5.41) is 3.37. The second-order valence-corrected chi connectivity index (χ2v) is 10.7. The normalized spacial score (nSPS) is 12.4. The van der Waals surface area contributed by atoms with Crippen LogP contribution in [0.3, 0.4) is 0 Å². The SMILES string of the molecule is C#C.C/C=C\C=C/CS(=O)n1c(C)c(P(OCC)c2ccc(F)cc2)c2cc(Cl)ccc21.CCOC=O. The molecule has 1 heterocycles. The van der Waals surface area contributed by atoms with Crippen LogP contribution in [-0.2, 0) is 25.0 Å². The number of rotatable bonds is 10. The van der Waals surface area contributed by atoms with E-state index in [0.29, 0.717) is 30.5 Å². The zero-order chi connectivity index (χ0) is 27.8. The molecular formula is C28H32ClFNO4PS. The summed E-state index contributed by atoms with van der Waals surface area (Å²) in [5.41, 5.74) is 1.72. The summed E-state index contributed by atoms with van der Waals surface area (Å²) in [6.07, 6.45) is 15.6. The Hall–Kier alpha value is -2.75. The van der Waals surface area contributed by atoms with E-state index in [1.165, 1.54) is 12.1 Å². The van der Waals surface area contributed by atoms with Gasteiger partial charge in [-0.25, -0.2) is 8.60 Å². The largest absolute Gasteiger partial charge is 0.468 e. The third-order valence-corrected chi connectivity index (χ3v) is 8.56. The molecule has 3 aromatic rings. The van der Waals surface area contributed by atoms with E-state index in [0.717, 1.165) is 27.2 Å². The van der Waals surface area contributed by atoms with Crippen molar-refractivity contribution in [2.75, 3.05) is 19.0 Å². The number of allylic oxidation sites excluding steroid dienone is 3. The quantitative estimate of drug-likeness (QED) is 0.128. The predicted octanol–water partition coefficient (Wildman–Crippen LogP) is 6.20. The summed E-state index contributed by atoms with van der Waals surface area (Å²) in [6.45, 7) is 8.99. The van der Waals surface area contributed by atoms with Crippen LogP contribution >= 0.6 is 19.7 Å². The zero-order valence-corrected chi connectivity index (χ0v) is 23.9. The fourth-order valence-electron chi connectivity index (χ4n) is 3.31. The van der Waals surface area contributed by atoms with Gasteiger partial charge in [-0.3, -0.25) is 8.77 Å². The number of fused-ring (bicyclic) bond motifs is 1. The van der Waals surface area contributed by atoms with Gasteiger partial charge in [0.05, 0.1) is 26.0 Å². The van der Waals surface area contributed by atoms with Crippen molar-refractivity contribution in [3.8, 4) is 12.8 Å². The fourth-order valence-corrected chi connectivity index (χ4v) is 6.76. The second-order valence-electron chi connectivity index (χ2n) is 7.07. The third-order valence-electron chi connectivity index (χ3n) is 4.72. The molecule has 0 aliphatic carbocycles. The van der Waals surface area contributed by atoms with Crippen molar-refractivity contribution in [2.24, 2.45) is 0 Å². The van der Waals surface area contributed by atoms with Gasteiger partial charge in [0.25, 0.3) is 6.47 Å². The van der Waals surface area contributed by atoms with Crippen LogP contribution in [-0.4, -0.2) is 33.6 Å². The van der Waals surface area contributed by atoms with E-state index < -0.39 is 19.1 Å². The first kappa shape index (κ1) is 32.3. The first-order chi connectivity index (χ1) is 17.9. The van der Waals surface area contributed by atoms with Crippen molar-refractivity contribution in [1.29, 1.82) is 0 Å². The van der Waals surface area contributed by atoms with E-state index in [-0.39, 0.29) is 5.82 Å². The van der Waals surface area contributed by atoms with Crippen LogP contribution in [0.4, 0.5) is 4.39 Å². The van der Waals surface area contributed by atoms with Gasteiger partial charge in [-0.15, -0.1) is 12.8 Å². The average molecular weight is 564 g/mol. The Morgan fingerprint density at radius 3 is 2.32 bits per heavy atom. The molecule has 0 aliphatic rings. The van der Waals surface area contributed by atoms with Crippen LogP contribution in [0.25, 0.3) is 10.9 Å². The minimum Gasteiger partial charge on any atom is -0.468 e. The lowest BCUT2D eigenvalue weighted by Crippen LogP contribution is -2.18. The number of ether oxygens (including phenoxy) is 1. The molecule has 0 N–H and O–H groups in total. The van der Waals surface area contributed by atoms with Crippen molar-refractivity contribution < 1.29 is 22.7 Å². The number of carbonyl (C=O) groups is 1. The van der Waals surface area contributed by atoms with Crippen molar-refractivity contribution in [1.82, 2.24) is 3.97 Å². The van der Waals surface area contributed by atoms with Gasteiger partial charge in [0.1, 0.15) is 16.8 Å². The molecule has 0 spiro atoms. The van der Waals surface area contributed by atoms with Crippen LogP contribution in [0.2, 0.25) is 5.02 Å². The van der Waals surface area contributed by atoms with E-state index in [4.69, 9.17) is 16.1 Å². The molecule has 0 aliphatic heterocycles. The smallest absolute Gasteiger partial charge is 0.293 e. The molecule has 198 valence electrons. The maximum Gasteiger partial charge on any atom is 0.293 e. The van der Waals surface area contributed by atoms with Crippen molar-refractivity contribution >= 4 is 58.7 Å². The molecule has 2 atom stereocenters. The molecule has 0 radical (unpaired) electrons. The van der Waals surface area contributed by atoms with Gasteiger partial charge in [-0.1, -0.05) is 35.9 Å². The van der Waals surface area contributed by atoms with E-state index in [1.54, 1.807) is 25.1 Å². The van der Waals surface area contributed by atoms with Gasteiger partial charge >= 0.3 is 0 Å². The molecule has 1 aromatic heterocycles. The predicted molar refractivity (Wildman–Crippen MR) is 156 cm³/mol. The lowest BCUT2D eigenvalue weighted by atomic mass is 10.2. The molecule has 0 saturated carbocycles. The fraction of sp³-hybridized carbons (Fsp3) is 0.250. The lowest BCUT2D eigenvalue weighted by Gasteiger charge is -2.18. The van der Waals surface area contributed by atoms with Crippen LogP contribution in [0, 0.1) is 25.6 Å². The highest BCUT2D eigenvalue weighted by Gasteiger charge is 2.26. The number of aromatic nitrogens is 1. The molecule has 3 rings (SSSR count). The second kappa shape index (κ2) is 17.7. The van der Waals surface area contributed by atoms with Gasteiger partial charge < -0.3 is 9.26 Å². The number of benzene rings is 2. The van der Waals surface area contributed by atoms with Gasteiger partial charge in [0, 0.05) is 33.3 Å². The number of hydrogen-bond acceptors (Lipinski definition) is 4. The molecule has 0 bridgehead atoms. The third kappa shape index (κ3) is 9.25. The molecule has 0 fully saturated rings. The lowest BCUT2D eigenvalue weighted by molar-refractivity contribution is -0.128. The summed E-state index contributed by atoms with van der Waals surface area (Å²) in [4.78, 5) is 9.18. The maximum absolute atomic E-state index is 13.5. The summed E-state index contributed by atoms with van der Waals surface area (Å²) in [7, 11) is -2.52. The number of halogens is 2. The first-order valence-electron chi connectivity index (χ1n) is 11.4. The molecule has 9 heteroatoms. The minimum absolute atomic E-state index is 0.290.